The van der Waals surface area contributed by atoms with Crippen LogP contribution in [0.25, 0.3) is 10.9 Å². The van der Waals surface area contributed by atoms with Crippen LogP contribution in [0.3, 0.4) is 0 Å². The van der Waals surface area contributed by atoms with E-state index in [1.165, 1.54) is 4.57 Å². The molecule has 0 amide bonds. The molecule has 3 aromatic rings. The lowest BCUT2D eigenvalue weighted by molar-refractivity contribution is -0.143. The first-order valence-electron chi connectivity index (χ1n) is 9.46. The van der Waals surface area contributed by atoms with Gasteiger partial charge in [-0.2, -0.15) is 0 Å². The number of hydrogen-bond acceptors (Lipinski definition) is 5. The number of carbonyl (C=O) groups is 2. The number of fused-ring (bicyclic) bond motifs is 1. The lowest BCUT2D eigenvalue weighted by Crippen LogP contribution is -2.41. The second-order valence-corrected chi connectivity index (χ2v) is 6.57. The second-order valence-electron chi connectivity index (χ2n) is 6.57. The predicted molar refractivity (Wildman–Crippen MR) is 109 cm³/mol. The fourth-order valence-electron chi connectivity index (χ4n) is 3.13. The van der Waals surface area contributed by atoms with Crippen molar-refractivity contribution in [2.24, 2.45) is 0 Å². The van der Waals surface area contributed by atoms with E-state index < -0.39 is 23.8 Å². The Morgan fingerprint density at radius 2 is 1.62 bits per heavy atom. The van der Waals surface area contributed by atoms with Gasteiger partial charge in [0.05, 0.1) is 10.9 Å². The average molecular weight is 394 g/mol. The summed E-state index contributed by atoms with van der Waals surface area (Å²) in [6.07, 6.45) is 0.867. The highest BCUT2D eigenvalue weighted by Gasteiger charge is 2.16. The summed E-state index contributed by atoms with van der Waals surface area (Å²) >= 11 is 0. The number of ether oxygens (including phenoxy) is 1. The number of rotatable bonds is 7. The van der Waals surface area contributed by atoms with E-state index in [0.717, 1.165) is 16.6 Å². The summed E-state index contributed by atoms with van der Waals surface area (Å²) in [6.45, 7) is 3.09. The molecule has 0 aliphatic rings. The van der Waals surface area contributed by atoms with E-state index in [1.807, 2.05) is 19.1 Å². The fraction of sp³-hybridized carbons (Fsp3) is 0.273. The Labute approximate surface area is 167 Å². The van der Waals surface area contributed by atoms with E-state index in [4.69, 9.17) is 4.74 Å². The molecule has 0 radical (unpaired) electrons. The van der Waals surface area contributed by atoms with Gasteiger partial charge in [0.25, 0.3) is 5.56 Å². The number of para-hydroxylation sites is 1. The zero-order chi connectivity index (χ0) is 21.0. The molecule has 0 saturated carbocycles. The highest BCUT2D eigenvalue weighted by Crippen LogP contribution is 2.09. The summed E-state index contributed by atoms with van der Waals surface area (Å²) in [5.74, 6) is -1.05. The summed E-state index contributed by atoms with van der Waals surface area (Å²) in [5.41, 5.74) is 0.927. The predicted octanol–water partition coefficient (Wildman–Crippen LogP) is 2.17. The number of esters is 1. The van der Waals surface area contributed by atoms with Gasteiger partial charge in [0.1, 0.15) is 6.54 Å². The number of hydrogen-bond donors (Lipinski definition) is 0. The van der Waals surface area contributed by atoms with E-state index in [1.54, 1.807) is 43.3 Å². The standard InChI is InChI=1S/C22H22N2O5/c1-3-15-9-11-16(12-10-15)19(25)14-29-20(26)13-24-18-8-6-5-7-17(18)21(27)23(4-2)22(24)28/h5-12H,3-4,13-14H2,1-2H3. The first-order valence-corrected chi connectivity index (χ1v) is 9.46. The minimum Gasteiger partial charge on any atom is -0.456 e. The Hall–Kier alpha value is -3.48. The van der Waals surface area contributed by atoms with Crippen LogP contribution in [0.4, 0.5) is 0 Å². The fourth-order valence-corrected chi connectivity index (χ4v) is 3.13. The molecule has 150 valence electrons. The molecule has 0 saturated heterocycles. The van der Waals surface area contributed by atoms with Gasteiger partial charge in [-0.3, -0.25) is 23.5 Å². The van der Waals surface area contributed by atoms with Crippen LogP contribution < -0.4 is 11.2 Å². The third kappa shape index (κ3) is 4.18. The van der Waals surface area contributed by atoms with Gasteiger partial charge in [-0.1, -0.05) is 43.3 Å². The second kappa shape index (κ2) is 8.68. The van der Waals surface area contributed by atoms with Crippen LogP contribution in [-0.2, 0) is 29.0 Å². The average Bonchev–Trinajstić information content (AvgIpc) is 2.75. The molecule has 1 aromatic heterocycles. The normalized spacial score (nSPS) is 10.8. The van der Waals surface area contributed by atoms with Crippen molar-refractivity contribution in [3.8, 4) is 0 Å². The first kappa shape index (κ1) is 20.3. The van der Waals surface area contributed by atoms with E-state index in [-0.39, 0.29) is 18.9 Å². The van der Waals surface area contributed by atoms with Crippen molar-refractivity contribution in [2.75, 3.05) is 6.61 Å². The Bertz CT molecular complexity index is 1170. The van der Waals surface area contributed by atoms with Crippen LogP contribution in [-0.4, -0.2) is 27.5 Å². The molecular formula is C22H22N2O5. The summed E-state index contributed by atoms with van der Waals surface area (Å²) in [6, 6.07) is 13.7. The Balaban J connectivity index is 1.78. The summed E-state index contributed by atoms with van der Waals surface area (Å²) < 4.78 is 7.35. The lowest BCUT2D eigenvalue weighted by atomic mass is 10.1. The molecule has 0 unspecified atom stereocenters. The largest absolute Gasteiger partial charge is 0.456 e. The zero-order valence-corrected chi connectivity index (χ0v) is 16.4. The smallest absolute Gasteiger partial charge is 0.332 e. The van der Waals surface area contributed by atoms with Crippen molar-refractivity contribution in [1.82, 2.24) is 9.13 Å². The van der Waals surface area contributed by atoms with E-state index in [2.05, 4.69) is 0 Å². The molecule has 3 rings (SSSR count). The molecule has 29 heavy (non-hydrogen) atoms. The number of aryl methyl sites for hydroxylation is 1. The Morgan fingerprint density at radius 3 is 2.28 bits per heavy atom. The minimum atomic E-state index is -0.725. The third-order valence-corrected chi connectivity index (χ3v) is 4.78. The van der Waals surface area contributed by atoms with Gasteiger partial charge in [0.15, 0.2) is 12.4 Å². The minimum absolute atomic E-state index is 0.184. The van der Waals surface area contributed by atoms with Gasteiger partial charge >= 0.3 is 11.7 Å². The number of nitrogens with zero attached hydrogens (tertiary/aromatic N) is 2. The molecule has 0 aliphatic heterocycles. The molecule has 0 aliphatic carbocycles. The number of benzene rings is 2. The highest BCUT2D eigenvalue weighted by atomic mass is 16.5. The lowest BCUT2D eigenvalue weighted by Gasteiger charge is -2.12. The maximum atomic E-state index is 12.6. The highest BCUT2D eigenvalue weighted by molar-refractivity contribution is 5.98. The molecule has 1 heterocycles. The SMILES string of the molecule is CCc1ccc(C(=O)COC(=O)Cn2c(=O)n(CC)c(=O)c3ccccc32)cc1. The van der Waals surface area contributed by atoms with Crippen molar-refractivity contribution in [1.29, 1.82) is 0 Å². The number of carbonyl (C=O) groups excluding carboxylic acids is 2. The Kier molecular flexibility index (Phi) is 6.07. The van der Waals surface area contributed by atoms with Gasteiger partial charge in [0, 0.05) is 12.1 Å². The quantitative estimate of drug-likeness (QED) is 0.453. The molecule has 0 N–H and O–H groups in total. The summed E-state index contributed by atoms with van der Waals surface area (Å²) in [5, 5.41) is 0.342. The molecule has 7 heteroatoms. The summed E-state index contributed by atoms with van der Waals surface area (Å²) in [4.78, 5) is 49.6. The van der Waals surface area contributed by atoms with Gasteiger partial charge in [-0.15, -0.1) is 0 Å². The molecule has 0 atom stereocenters. The Morgan fingerprint density at radius 1 is 0.931 bits per heavy atom. The topological polar surface area (TPSA) is 87.4 Å². The third-order valence-electron chi connectivity index (χ3n) is 4.78. The van der Waals surface area contributed by atoms with Crippen LogP contribution in [0.1, 0.15) is 29.8 Å². The van der Waals surface area contributed by atoms with Crippen molar-refractivity contribution in [2.45, 2.75) is 33.4 Å². The number of ketones is 1. The van der Waals surface area contributed by atoms with E-state index in [9.17, 15) is 19.2 Å². The first-order chi connectivity index (χ1) is 14.0. The van der Waals surface area contributed by atoms with Crippen LogP contribution in [0.15, 0.2) is 58.1 Å². The van der Waals surface area contributed by atoms with Gasteiger partial charge < -0.3 is 4.74 Å². The molecule has 2 aromatic carbocycles. The van der Waals surface area contributed by atoms with Crippen LogP contribution in [0, 0.1) is 0 Å². The van der Waals surface area contributed by atoms with Crippen molar-refractivity contribution in [3.63, 3.8) is 0 Å². The van der Waals surface area contributed by atoms with Gasteiger partial charge in [0.2, 0.25) is 0 Å². The van der Waals surface area contributed by atoms with Crippen molar-refractivity contribution < 1.29 is 14.3 Å². The van der Waals surface area contributed by atoms with Crippen LogP contribution >= 0.6 is 0 Å². The molecule has 0 spiro atoms. The van der Waals surface area contributed by atoms with E-state index >= 15 is 0 Å². The number of aromatic nitrogens is 2. The molecular weight excluding hydrogens is 372 g/mol. The maximum Gasteiger partial charge on any atom is 0.332 e. The molecule has 0 bridgehead atoms. The van der Waals surface area contributed by atoms with E-state index in [0.29, 0.717) is 16.5 Å². The maximum absolute atomic E-state index is 12.6. The van der Waals surface area contributed by atoms with Crippen LogP contribution in [0.2, 0.25) is 0 Å². The van der Waals surface area contributed by atoms with Crippen molar-refractivity contribution >= 4 is 22.7 Å². The monoisotopic (exact) mass is 394 g/mol. The molecule has 0 fully saturated rings. The van der Waals surface area contributed by atoms with Crippen LogP contribution in [0.5, 0.6) is 0 Å². The summed E-state index contributed by atoms with van der Waals surface area (Å²) in [7, 11) is 0. The molecule has 7 nitrogen and oxygen atoms in total. The van der Waals surface area contributed by atoms with Gasteiger partial charge in [-0.05, 0) is 31.0 Å². The number of Topliss-reactive ketones (excluding diaryl/α,β-unsaturated/α-hetero) is 1. The van der Waals surface area contributed by atoms with Gasteiger partial charge in [-0.25, -0.2) is 4.79 Å². The van der Waals surface area contributed by atoms with Crippen molar-refractivity contribution in [3.05, 3.63) is 80.5 Å². The zero-order valence-electron chi connectivity index (χ0n) is 16.4.